The van der Waals surface area contributed by atoms with Gasteiger partial charge in [0, 0.05) is 29.5 Å². The van der Waals surface area contributed by atoms with Crippen molar-refractivity contribution in [3.8, 4) is 5.75 Å². The molecule has 0 bridgehead atoms. The van der Waals surface area contributed by atoms with E-state index in [1.165, 1.54) is 0 Å². The minimum atomic E-state index is -0.186. The molecule has 0 aliphatic rings. The van der Waals surface area contributed by atoms with Crippen LogP contribution in [0.4, 0.5) is 17.1 Å². The maximum Gasteiger partial charge on any atom is 0.243 e. The predicted molar refractivity (Wildman–Crippen MR) is 118 cm³/mol. The number of nitrogens with one attached hydrogen (secondary N) is 3. The zero-order valence-electron chi connectivity index (χ0n) is 16.9. The number of hydrogen-bond donors (Lipinski definition) is 3. The Morgan fingerprint density at radius 1 is 0.966 bits per heavy atom. The number of hydrogen-bond acceptors (Lipinski definition) is 4. The van der Waals surface area contributed by atoms with Crippen LogP contribution in [-0.4, -0.2) is 25.0 Å². The molecule has 6 nitrogen and oxygen atoms in total. The van der Waals surface area contributed by atoms with Gasteiger partial charge in [-0.25, -0.2) is 0 Å². The topological polar surface area (TPSA) is 79.5 Å². The molecule has 154 valence electrons. The largest absolute Gasteiger partial charge is 0.489 e. The fraction of sp³-hybridized carbons (Fsp3) is 0.304. The third-order valence-electron chi connectivity index (χ3n) is 4.09. The van der Waals surface area contributed by atoms with Gasteiger partial charge in [0.2, 0.25) is 11.8 Å². The van der Waals surface area contributed by atoms with Gasteiger partial charge in [0.1, 0.15) is 12.4 Å². The van der Waals surface area contributed by atoms with Gasteiger partial charge in [0.15, 0.2) is 0 Å². The fourth-order valence-electron chi connectivity index (χ4n) is 2.67. The molecule has 0 aliphatic carbocycles. The maximum atomic E-state index is 12.2. The lowest BCUT2D eigenvalue weighted by Gasteiger charge is -2.11. The standard InChI is InChI=1S/C23H29N3O3/c1-3-5-6-13-22(27)25-19-10-7-11-20(15-19)26-23(28)17-24-18-9-8-12-21(16-18)29-14-4-2/h4,7-12,15-16,24H,2-3,5-6,13-14,17H2,1H3,(H,25,27)(H,26,28). The molecule has 0 radical (unpaired) electrons. The summed E-state index contributed by atoms with van der Waals surface area (Å²) in [6.07, 6.45) is 5.18. The van der Waals surface area contributed by atoms with E-state index in [9.17, 15) is 9.59 Å². The highest BCUT2D eigenvalue weighted by Gasteiger charge is 2.06. The molecule has 0 unspecified atom stereocenters. The Hall–Kier alpha value is -3.28. The minimum Gasteiger partial charge on any atom is -0.489 e. The Morgan fingerprint density at radius 3 is 2.38 bits per heavy atom. The predicted octanol–water partition coefficient (Wildman–Crippen LogP) is 4.82. The van der Waals surface area contributed by atoms with E-state index in [-0.39, 0.29) is 18.4 Å². The first-order valence-corrected chi connectivity index (χ1v) is 9.88. The van der Waals surface area contributed by atoms with Crippen LogP contribution < -0.4 is 20.7 Å². The van der Waals surface area contributed by atoms with Gasteiger partial charge in [0.05, 0.1) is 6.54 Å². The van der Waals surface area contributed by atoms with Crippen molar-refractivity contribution in [2.24, 2.45) is 0 Å². The van der Waals surface area contributed by atoms with Crippen LogP contribution in [0.25, 0.3) is 0 Å². The zero-order chi connectivity index (χ0) is 20.9. The van der Waals surface area contributed by atoms with Gasteiger partial charge in [0.25, 0.3) is 0 Å². The van der Waals surface area contributed by atoms with Crippen molar-refractivity contribution in [1.82, 2.24) is 0 Å². The third-order valence-corrected chi connectivity index (χ3v) is 4.09. The lowest BCUT2D eigenvalue weighted by molar-refractivity contribution is -0.116. The summed E-state index contributed by atoms with van der Waals surface area (Å²) >= 11 is 0. The van der Waals surface area contributed by atoms with Gasteiger partial charge >= 0.3 is 0 Å². The SMILES string of the molecule is C=CCOc1cccc(NCC(=O)Nc2cccc(NC(=O)CCCCC)c2)c1. The van der Waals surface area contributed by atoms with Crippen molar-refractivity contribution >= 4 is 28.9 Å². The Balaban J connectivity index is 1.83. The molecule has 0 aromatic heterocycles. The number of rotatable bonds is 12. The molecule has 0 atom stereocenters. The van der Waals surface area contributed by atoms with Crippen molar-refractivity contribution in [3.05, 3.63) is 61.2 Å². The molecule has 0 fully saturated rings. The molecule has 0 aliphatic heterocycles. The third kappa shape index (κ3) is 8.51. The van der Waals surface area contributed by atoms with Crippen LogP contribution in [0.3, 0.4) is 0 Å². The molecule has 3 N–H and O–H groups in total. The van der Waals surface area contributed by atoms with Gasteiger partial charge in [-0.3, -0.25) is 9.59 Å². The highest BCUT2D eigenvalue weighted by Crippen LogP contribution is 2.18. The van der Waals surface area contributed by atoms with Crippen LogP contribution in [0.2, 0.25) is 0 Å². The number of amides is 2. The van der Waals surface area contributed by atoms with Gasteiger partial charge in [-0.15, -0.1) is 0 Å². The van der Waals surface area contributed by atoms with E-state index in [0.717, 1.165) is 24.9 Å². The van der Waals surface area contributed by atoms with Crippen molar-refractivity contribution < 1.29 is 14.3 Å². The van der Waals surface area contributed by atoms with Gasteiger partial charge in [-0.1, -0.05) is 44.6 Å². The van der Waals surface area contributed by atoms with Gasteiger partial charge in [-0.2, -0.15) is 0 Å². The number of carbonyl (C=O) groups excluding carboxylic acids is 2. The molecule has 0 saturated carbocycles. The first kappa shape index (κ1) is 22.0. The summed E-state index contributed by atoms with van der Waals surface area (Å²) in [7, 11) is 0. The summed E-state index contributed by atoms with van der Waals surface area (Å²) in [5.74, 6) is 0.508. The van der Waals surface area contributed by atoms with E-state index in [2.05, 4.69) is 29.5 Å². The molecule has 2 aromatic rings. The van der Waals surface area contributed by atoms with Gasteiger partial charge in [-0.05, 0) is 36.8 Å². The summed E-state index contributed by atoms with van der Waals surface area (Å²) in [5.41, 5.74) is 2.09. The lowest BCUT2D eigenvalue weighted by atomic mass is 10.2. The molecule has 2 aromatic carbocycles. The molecule has 0 heterocycles. The normalized spacial score (nSPS) is 10.1. The second-order valence-electron chi connectivity index (χ2n) is 6.62. The highest BCUT2D eigenvalue weighted by atomic mass is 16.5. The van der Waals surface area contributed by atoms with Crippen LogP contribution in [-0.2, 0) is 9.59 Å². The first-order chi connectivity index (χ1) is 14.1. The average Bonchev–Trinajstić information content (AvgIpc) is 2.71. The molecule has 0 spiro atoms. The smallest absolute Gasteiger partial charge is 0.243 e. The van der Waals surface area contributed by atoms with E-state index in [1.54, 1.807) is 30.3 Å². The van der Waals surface area contributed by atoms with E-state index >= 15 is 0 Å². The van der Waals surface area contributed by atoms with E-state index < -0.39 is 0 Å². The molecular weight excluding hydrogens is 366 g/mol. The number of ether oxygens (including phenoxy) is 1. The molecule has 0 saturated heterocycles. The van der Waals surface area contributed by atoms with Crippen LogP contribution in [0, 0.1) is 0 Å². The summed E-state index contributed by atoms with van der Waals surface area (Å²) < 4.78 is 5.48. The number of carbonyl (C=O) groups is 2. The van der Waals surface area contributed by atoms with E-state index in [4.69, 9.17) is 4.74 Å². The summed E-state index contributed by atoms with van der Waals surface area (Å²) in [5, 5.41) is 8.77. The monoisotopic (exact) mass is 395 g/mol. The molecule has 6 heteroatoms. The van der Waals surface area contributed by atoms with Crippen molar-refractivity contribution in [1.29, 1.82) is 0 Å². The number of unbranched alkanes of at least 4 members (excludes halogenated alkanes) is 2. The van der Waals surface area contributed by atoms with E-state index in [0.29, 0.717) is 30.2 Å². The van der Waals surface area contributed by atoms with Crippen molar-refractivity contribution in [2.45, 2.75) is 32.6 Å². The Kier molecular flexibility index (Phi) is 9.29. The summed E-state index contributed by atoms with van der Waals surface area (Å²) in [6.45, 7) is 6.26. The van der Waals surface area contributed by atoms with Crippen LogP contribution >= 0.6 is 0 Å². The molecule has 29 heavy (non-hydrogen) atoms. The van der Waals surface area contributed by atoms with E-state index in [1.807, 2.05) is 24.3 Å². The van der Waals surface area contributed by atoms with Crippen LogP contribution in [0.5, 0.6) is 5.75 Å². The Bertz CT molecular complexity index is 821. The number of benzene rings is 2. The van der Waals surface area contributed by atoms with Crippen molar-refractivity contribution in [2.75, 3.05) is 29.1 Å². The van der Waals surface area contributed by atoms with Crippen LogP contribution in [0.1, 0.15) is 32.6 Å². The van der Waals surface area contributed by atoms with Gasteiger partial charge < -0.3 is 20.7 Å². The summed E-state index contributed by atoms with van der Waals surface area (Å²) in [6, 6.07) is 14.5. The quantitative estimate of drug-likeness (QED) is 0.356. The second kappa shape index (κ2) is 12.2. The van der Waals surface area contributed by atoms with Crippen molar-refractivity contribution in [3.63, 3.8) is 0 Å². The molecule has 2 amide bonds. The average molecular weight is 396 g/mol. The second-order valence-corrected chi connectivity index (χ2v) is 6.62. The Labute approximate surface area is 172 Å². The zero-order valence-corrected chi connectivity index (χ0v) is 16.9. The maximum absolute atomic E-state index is 12.2. The lowest BCUT2D eigenvalue weighted by Crippen LogP contribution is -2.21. The molecular formula is C23H29N3O3. The first-order valence-electron chi connectivity index (χ1n) is 9.88. The summed E-state index contributed by atoms with van der Waals surface area (Å²) in [4.78, 5) is 24.2. The number of anilines is 3. The Morgan fingerprint density at radius 2 is 1.66 bits per heavy atom. The molecule has 2 rings (SSSR count). The highest BCUT2D eigenvalue weighted by molar-refractivity contribution is 5.95. The van der Waals surface area contributed by atoms with Crippen LogP contribution in [0.15, 0.2) is 61.2 Å². The minimum absolute atomic E-state index is 0.0119. The fourth-order valence-corrected chi connectivity index (χ4v) is 2.67.